The summed E-state index contributed by atoms with van der Waals surface area (Å²) in [6, 6.07) is 11.4. The van der Waals surface area contributed by atoms with Gasteiger partial charge in [0, 0.05) is 322 Å². The Morgan fingerprint density at radius 1 is 1.03 bits per heavy atom. The van der Waals surface area contributed by atoms with E-state index in [2.05, 4.69) is 70.7 Å². The smallest absolute Gasteiger partial charge is 0.119 e. The van der Waals surface area contributed by atoms with Crippen LogP contribution in [0.4, 0.5) is 0 Å². The molecule has 0 aliphatic heterocycles. The van der Waals surface area contributed by atoms with Gasteiger partial charge in [0.25, 0.3) is 0 Å². The zero-order valence-electron chi connectivity index (χ0n) is 27.6. The van der Waals surface area contributed by atoms with Gasteiger partial charge in [0.2, 0.25) is 0 Å². The molecule has 0 fully saturated rings. The quantitative estimate of drug-likeness (QED) is 0.272. The molecule has 0 aliphatic rings. The van der Waals surface area contributed by atoms with Gasteiger partial charge in [-0.05, 0) is 101 Å². The summed E-state index contributed by atoms with van der Waals surface area (Å²) in [7, 11) is 0. The second-order valence-electron chi connectivity index (χ2n) is 9.45. The molecule has 0 saturated heterocycles. The first-order valence-corrected chi connectivity index (χ1v) is 11.5. The number of rotatable bonds is 9. The number of hydrogen-bond acceptors (Lipinski definition) is 2. The molecule has 0 heterocycles. The molecule has 0 aliphatic carbocycles. The standard InChI is InChI=1S/C28H43NO.205H2/c1-10-22(8)29(19(4)5)15-14-25(24-13-11-12-20(6)23(24)9)27-17-26(18(2)3)21(7)16-28(27)30;;;;;;;;;;;;;;;;;;;;;;;;;;;;;;;;;;;;;;;;;;;;;;;;;;;;;;;;;;;;;;;;;;;;;;;;;;;;;;;;;;;;;;;;;;;;;;;;;;;;;;;;;;;;;;;;;;;;;;;;;;;;;;;;;;;;;;;;;;;;;;;;;;;;;;;;;;;;;;;;;;;;;;;;;;;;;;;;;;;;;;;;;;;;;;;;;;;;;;;;;;;;;/h11-13,16-19,22,25,30H,10,14-15H2,1-9H3;205*1H/t22?,25-;;;;;;;;;;;;;;;;;;;;;;;;;;;;;;;;;;;;;;;;;;;;;;;;;;;;;;;;;;;;;;;;;;;;;;;;;;;;;;;;;;;;;;;;;;;;;;;;;;;;;;;;;;;;;;;;;;;;;;;;;;;;;;;;;;;;;;;;;;;;;;;;;;;;;;;;;;;;;;;;;;;;;;;;;;;;;;;;;;;;;;;;;;;;;;;;;;;;;;;;;;;;;/m1............................................................................................................................................................................................................./s1/i18D;3*1+1D;;;;;;;;;;;;;;;;;;;;;;;;;;;;;;;;;;;;;;;;;;;;;;;;;;;;;;;;;;;;;;;;;;;;;;;;;;;;;;;;;;;;;;;;;;;;;;;;;;;;;;;;;;;;;;;;;;;;;;;;;;;;;;;;;;;;;;;;;;;;;;;;;;;;;;;;;;;;;;;;;;;;;;;;;;;;;;;;;;;;;;;;;;;;;;;;;;;;;;;;;;. The highest BCUT2D eigenvalue weighted by Crippen LogP contribution is 2.39. The Morgan fingerprint density at radius 3 is 2.27 bits per heavy atom. The van der Waals surface area contributed by atoms with Gasteiger partial charge >= 0.3 is 0 Å². The number of benzene rings is 2. The van der Waals surface area contributed by atoms with Crippen LogP contribution >= 0.6 is 0 Å². The fraction of sp³-hybridized carbons (Fsp3) is 0.571. The Hall–Kier alpha value is -1.80. The van der Waals surface area contributed by atoms with Crippen molar-refractivity contribution in [2.45, 2.75) is 99.1 Å². The van der Waals surface area contributed by atoms with E-state index in [1.807, 2.05) is 26.8 Å². The SMILES string of the molecule is [2H]C(C)(C)c1cc([C@H](CCN(C(C)C)C(C)CC)c2cccc(C)c2C)c(O)cc1C.[2H][2H].[2H][2H].[2H][2H].[HH].[HH].[HH].[HH].[HH].[HH].[HH].[HH].[HH].[HH].[HH].[HH].[HH].[HH].[HH].[HH].[HH].[HH].[HH].[HH].[HH].[HH].[HH].[HH].[HH].[HH].[HH].[HH].[HH].[HH].[HH].[HH].[HH].[HH].[HH].[HH].[HH].[HH].[HH].[HH].[HH].[HH].[HH].[HH].[HH].[HH].[HH].[HH].[HH].[HH].[HH].[HH].[HH].[HH].[HH].[HH].[HH].[HH].[HH].[HH].[HH].[HH].[HH].[HH].[HH].[HH].[HH].[HH].[HH].[HH].[HH].[HH].[HH].[HH].[HH].[HH].[HH].[HH].[HH].[HH].[HH].[HH].[HH].[HH].[HH].[HH].[HH].[HH].[HH].[HH].[HH].[HH].[HH].[HH].[HH].[HH].[HH].[HH].[HH].[HH].[HH].[HH].[HH].[HH].[HH].[HH].[HH].[HH].[HH].[HH].[HH].[HH].[HH].[HH].[HH].[HH].[HH].[HH].[HH].[HH].[HH].[HH].[HH].[HH].[HH].[HH].[HH].[HH].[HH].[HH].[HH].[HH].[HH].[HH].[HH].[HH].[HH].[HH].[HH].[HH].[HH].[HH].[HH].[HH].[HH].[HH].[HH].[HH].[HH].[HH].[HH].[HH].[HH].[HH].[HH].[HH].[HH].[HH].[HH].[HH].[HH].[HH].[HH].[HH].[HH].[HH].[HH].[HH].[HH].[HH].[HH].[HH].[HH].[HH].[HH].[HH].[HH].[HH].[HH].[HH].[HH].[HH].[HH].[HH].[HH].[HH].[HH].[HH].[HH].[HH].[HH].[HH].[HH].[HH].[HH].[HH].[HH].[HH].[HH].[HH].[HH].[HH]. The molecule has 30 heavy (non-hydrogen) atoms. The lowest BCUT2D eigenvalue weighted by Gasteiger charge is -2.34. The normalized spacial score (nSPS) is 15.6. The van der Waals surface area contributed by atoms with E-state index in [-0.39, 0.29) is 294 Å². The van der Waals surface area contributed by atoms with Crippen LogP contribution in [-0.4, -0.2) is 28.6 Å². The minimum absolute atomic E-state index is 0. The lowest BCUT2D eigenvalue weighted by Crippen LogP contribution is -2.39. The van der Waals surface area contributed by atoms with Crippen molar-refractivity contribution < 1.29 is 304 Å². The highest BCUT2D eigenvalue weighted by atomic mass is 16.3. The average Bonchev–Trinajstić information content (AvgIpc) is 2.87. The maximum absolute atomic E-state index is 11.0. The third-order valence-electron chi connectivity index (χ3n) is 6.81. The van der Waals surface area contributed by atoms with Crippen LogP contribution in [-0.2, 0) is 0 Å². The van der Waals surface area contributed by atoms with E-state index in [4.69, 9.17) is 10.3 Å². The summed E-state index contributed by atoms with van der Waals surface area (Å²) >= 11 is 0. The molecule has 0 aromatic heterocycles. The van der Waals surface area contributed by atoms with E-state index in [1.165, 1.54) is 16.7 Å². The van der Waals surface area contributed by atoms with E-state index in [0.717, 1.165) is 36.1 Å². The van der Waals surface area contributed by atoms with Gasteiger partial charge in [0.1, 0.15) is 5.75 Å². The van der Waals surface area contributed by atoms with Gasteiger partial charge in [-0.2, -0.15) is 0 Å². The first kappa shape index (κ1) is 18.9. The minimum Gasteiger partial charge on any atom is -0.508 e. The first-order valence-electron chi connectivity index (χ1n) is 15.0. The van der Waals surface area contributed by atoms with Gasteiger partial charge in [0.05, 0.1) is 0 Å². The molecule has 2 nitrogen and oxygen atoms in total. The Bertz CT molecular complexity index is 1010. The summed E-state index contributed by atoms with van der Waals surface area (Å²) in [5.74, 6) is -0.276. The maximum atomic E-state index is 11.0. The van der Waals surface area contributed by atoms with Gasteiger partial charge in [-0.15, -0.1) is 0 Å². The third-order valence-corrected chi connectivity index (χ3v) is 6.81. The van der Waals surface area contributed by atoms with Crippen LogP contribution in [0.2, 0.25) is 0 Å². The fourth-order valence-electron chi connectivity index (χ4n) is 4.66. The molecule has 576 valence electrons. The summed E-state index contributed by atoms with van der Waals surface area (Å²) in [6.07, 6.45) is 2.06. The minimum atomic E-state index is -0.709. The Kier molecular flexibility index (Phi) is 6.62. The summed E-state index contributed by atoms with van der Waals surface area (Å²) < 4.78 is 38.6. The number of nitrogens with zero attached hydrogens (tertiary/aromatic N) is 1. The number of aromatic hydroxyl groups is 1. The topological polar surface area (TPSA) is 23.5 Å². The van der Waals surface area contributed by atoms with Gasteiger partial charge in [0.15, 0.2) is 0 Å². The van der Waals surface area contributed by atoms with Crippen LogP contribution in [0.3, 0.4) is 0 Å². The van der Waals surface area contributed by atoms with Crippen molar-refractivity contribution in [1.29, 1.82) is 0 Å². The van der Waals surface area contributed by atoms with Crippen molar-refractivity contribution in [3.63, 3.8) is 0 Å². The Balaban J connectivity index is -0.000000000288. The summed E-state index contributed by atoms with van der Waals surface area (Å²) in [6.45, 7) is 20.2. The molecule has 0 radical (unpaired) electrons. The Labute approximate surface area is 495 Å². The molecule has 2 aromatic carbocycles. The highest BCUT2D eigenvalue weighted by molar-refractivity contribution is 5.50. The van der Waals surface area contributed by atoms with E-state index in [1.54, 1.807) is 0 Å². The molecule has 2 heteroatoms. The van der Waals surface area contributed by atoms with E-state index >= 15 is 0 Å². The fourth-order valence-corrected chi connectivity index (χ4v) is 4.66. The Morgan fingerprint density at radius 2 is 1.70 bits per heavy atom. The molecule has 1 N–H and O–H groups in total. The van der Waals surface area contributed by atoms with E-state index < -0.39 is 5.89 Å². The largest absolute Gasteiger partial charge is 0.508 e. The second-order valence-corrected chi connectivity index (χ2v) is 9.45. The van der Waals surface area contributed by atoms with Crippen molar-refractivity contribution in [3.8, 4) is 5.75 Å². The van der Waals surface area contributed by atoms with Gasteiger partial charge in [-0.1, -0.05) is 45.0 Å². The van der Waals surface area contributed by atoms with Crippen LogP contribution in [0.25, 0.3) is 0 Å². The van der Waals surface area contributed by atoms with Crippen LogP contribution in [0.5, 0.6) is 5.75 Å². The van der Waals surface area contributed by atoms with Gasteiger partial charge < -0.3 is 5.11 Å². The van der Waals surface area contributed by atoms with Crippen molar-refractivity contribution in [2.24, 2.45) is 0 Å². The lowest BCUT2D eigenvalue weighted by molar-refractivity contribution is 0.156. The predicted octanol–water partition coefficient (Wildman–Crippen LogP) is 57.9. The predicted molar refractivity (Wildman–Crippen MR) is 564 cm³/mol. The van der Waals surface area contributed by atoms with Crippen LogP contribution in [0, 0.1) is 20.8 Å². The second kappa shape index (κ2) is 10.5. The van der Waals surface area contributed by atoms with Crippen LogP contribution < -0.4 is 0 Å². The molecule has 0 amide bonds. The molecule has 0 spiro atoms. The van der Waals surface area contributed by atoms with Crippen molar-refractivity contribution in [1.82, 2.24) is 4.90 Å². The monoisotopic (exact) mass is 830 g/mol. The third kappa shape index (κ3) is 5.46. The molecular weight excluding hydrogens is 366 g/mol. The summed E-state index contributed by atoms with van der Waals surface area (Å²) in [5.41, 5.74) is 6.75. The summed E-state index contributed by atoms with van der Waals surface area (Å²) in [5, 5.41) is 11.0. The van der Waals surface area contributed by atoms with Crippen molar-refractivity contribution in [2.75, 3.05) is 6.54 Å². The van der Waals surface area contributed by atoms with Gasteiger partial charge in [-0.3, -0.25) is 4.90 Å². The molecule has 2 atom stereocenters. The van der Waals surface area contributed by atoms with Crippen molar-refractivity contribution >= 4 is 0 Å². The zero-order chi connectivity index (χ0) is 29.5. The average molecular weight is 830 g/mol. The maximum Gasteiger partial charge on any atom is 0.119 e. The molecule has 2 rings (SSSR count). The lowest BCUT2D eigenvalue weighted by atomic mass is 9.82. The highest BCUT2D eigenvalue weighted by Gasteiger charge is 2.24. The number of hydrogen-bond donors (Lipinski definition) is 1. The summed E-state index contributed by atoms with van der Waals surface area (Å²) in [4.78, 5) is 2.57. The molecule has 0 saturated carbocycles. The molecular formula is C28H453NO. The molecule has 1 unspecified atom stereocenters. The zero-order valence-corrected chi connectivity index (χ0v) is 20.6. The van der Waals surface area contributed by atoms with E-state index in [0.29, 0.717) is 17.8 Å². The first-order chi connectivity index (χ1) is 17.4. The molecule has 2 aromatic rings. The van der Waals surface area contributed by atoms with Crippen molar-refractivity contribution in [3.05, 3.63) is 63.7 Å². The van der Waals surface area contributed by atoms with Crippen LogP contribution in [0.15, 0.2) is 30.3 Å². The van der Waals surface area contributed by atoms with E-state index in [9.17, 15) is 5.11 Å². The molecule has 0 bridgehead atoms. The number of aryl methyl sites for hydroxylation is 2. The number of phenols is 1. The van der Waals surface area contributed by atoms with Gasteiger partial charge in [-0.25, -0.2) is 0 Å². The van der Waals surface area contributed by atoms with Crippen LogP contribution in [0.1, 0.15) is 398 Å². The number of phenolic OH excluding ortho intramolecular Hbond substituents is 1.